The quantitative estimate of drug-likeness (QED) is 0.598. The molecule has 0 aliphatic carbocycles. The fourth-order valence-electron chi connectivity index (χ4n) is 3.73. The predicted molar refractivity (Wildman–Crippen MR) is 116 cm³/mol. The maximum atomic E-state index is 13.8. The molecule has 30 heavy (non-hydrogen) atoms. The average molecular weight is 407 g/mol. The number of rotatable bonds is 6. The SMILES string of the molecule is Cc1ccc(-c2cnc(CCC(=O)Nc3cc(F)ccc3N3CCCCC3)o2)cc1. The third-order valence-electron chi connectivity index (χ3n) is 5.39. The summed E-state index contributed by atoms with van der Waals surface area (Å²) in [6, 6.07) is 12.6. The van der Waals surface area contributed by atoms with Gasteiger partial charge in [0.25, 0.3) is 0 Å². The Labute approximate surface area is 175 Å². The van der Waals surface area contributed by atoms with Crippen LogP contribution in [-0.2, 0) is 11.2 Å². The lowest BCUT2D eigenvalue weighted by atomic mass is 10.1. The monoisotopic (exact) mass is 407 g/mol. The van der Waals surface area contributed by atoms with Crippen LogP contribution in [-0.4, -0.2) is 24.0 Å². The fraction of sp³-hybridized carbons (Fsp3) is 0.333. The fourth-order valence-corrected chi connectivity index (χ4v) is 3.73. The first-order chi connectivity index (χ1) is 14.6. The molecule has 2 heterocycles. The molecular formula is C24H26FN3O2. The maximum absolute atomic E-state index is 13.8. The smallest absolute Gasteiger partial charge is 0.224 e. The highest BCUT2D eigenvalue weighted by Crippen LogP contribution is 2.29. The van der Waals surface area contributed by atoms with Crippen molar-refractivity contribution in [2.24, 2.45) is 0 Å². The number of carbonyl (C=O) groups is 1. The van der Waals surface area contributed by atoms with Crippen LogP contribution in [0.2, 0.25) is 0 Å². The Kier molecular flexibility index (Phi) is 6.12. The lowest BCUT2D eigenvalue weighted by molar-refractivity contribution is -0.116. The Hall–Kier alpha value is -3.15. The molecule has 0 saturated carbocycles. The maximum Gasteiger partial charge on any atom is 0.224 e. The van der Waals surface area contributed by atoms with Crippen molar-refractivity contribution in [3.05, 3.63) is 65.9 Å². The normalized spacial score (nSPS) is 14.0. The minimum absolute atomic E-state index is 0.186. The average Bonchev–Trinajstić information content (AvgIpc) is 3.23. The number of oxazole rings is 1. The topological polar surface area (TPSA) is 58.4 Å². The first kappa shape index (κ1) is 20.1. The number of piperidine rings is 1. The predicted octanol–water partition coefficient (Wildman–Crippen LogP) is 5.35. The summed E-state index contributed by atoms with van der Waals surface area (Å²) in [5.74, 6) is 0.648. The van der Waals surface area contributed by atoms with E-state index in [1.165, 1.54) is 24.1 Å². The van der Waals surface area contributed by atoms with Crippen LogP contribution in [0.15, 0.2) is 53.1 Å². The second kappa shape index (κ2) is 9.11. The van der Waals surface area contributed by atoms with Gasteiger partial charge in [0, 0.05) is 31.5 Å². The van der Waals surface area contributed by atoms with Crippen molar-refractivity contribution in [1.82, 2.24) is 4.98 Å². The van der Waals surface area contributed by atoms with Gasteiger partial charge in [0.05, 0.1) is 17.6 Å². The Balaban J connectivity index is 1.38. The van der Waals surface area contributed by atoms with Crippen LogP contribution in [0.1, 0.15) is 37.1 Å². The molecule has 0 radical (unpaired) electrons. The molecule has 1 aliphatic rings. The zero-order valence-electron chi connectivity index (χ0n) is 17.2. The summed E-state index contributed by atoms with van der Waals surface area (Å²) in [6.07, 6.45) is 5.70. The van der Waals surface area contributed by atoms with Crippen molar-refractivity contribution in [1.29, 1.82) is 0 Å². The number of aryl methyl sites for hydroxylation is 2. The van der Waals surface area contributed by atoms with E-state index >= 15 is 0 Å². The summed E-state index contributed by atoms with van der Waals surface area (Å²) in [7, 11) is 0. The van der Waals surface area contributed by atoms with E-state index in [2.05, 4.69) is 15.2 Å². The van der Waals surface area contributed by atoms with Gasteiger partial charge in [-0.1, -0.05) is 29.8 Å². The minimum Gasteiger partial charge on any atom is -0.441 e. The van der Waals surface area contributed by atoms with Gasteiger partial charge in [-0.25, -0.2) is 9.37 Å². The van der Waals surface area contributed by atoms with Gasteiger partial charge in [0.2, 0.25) is 5.91 Å². The molecule has 3 aromatic rings. The van der Waals surface area contributed by atoms with Crippen molar-refractivity contribution in [3.63, 3.8) is 0 Å². The van der Waals surface area contributed by atoms with Gasteiger partial charge in [-0.15, -0.1) is 0 Å². The lowest BCUT2D eigenvalue weighted by Crippen LogP contribution is -2.30. The first-order valence-electron chi connectivity index (χ1n) is 10.4. The lowest BCUT2D eigenvalue weighted by Gasteiger charge is -2.30. The number of carbonyl (C=O) groups excluding carboxylic acids is 1. The van der Waals surface area contributed by atoms with Crippen molar-refractivity contribution in [2.75, 3.05) is 23.3 Å². The minimum atomic E-state index is -0.360. The number of hydrogen-bond donors (Lipinski definition) is 1. The van der Waals surface area contributed by atoms with E-state index in [1.54, 1.807) is 12.3 Å². The number of benzene rings is 2. The second-order valence-corrected chi connectivity index (χ2v) is 7.74. The molecule has 0 spiro atoms. The third kappa shape index (κ3) is 4.87. The molecule has 5 nitrogen and oxygen atoms in total. The third-order valence-corrected chi connectivity index (χ3v) is 5.39. The molecule has 4 rings (SSSR count). The van der Waals surface area contributed by atoms with E-state index in [0.717, 1.165) is 37.2 Å². The van der Waals surface area contributed by atoms with Crippen LogP contribution >= 0.6 is 0 Å². The molecule has 1 amide bonds. The van der Waals surface area contributed by atoms with Gasteiger partial charge < -0.3 is 14.6 Å². The van der Waals surface area contributed by atoms with Crippen molar-refractivity contribution >= 4 is 17.3 Å². The highest BCUT2D eigenvalue weighted by molar-refractivity contribution is 5.94. The molecule has 1 aliphatic heterocycles. The summed E-state index contributed by atoms with van der Waals surface area (Å²) in [6.45, 7) is 3.88. The Morgan fingerprint density at radius 3 is 2.67 bits per heavy atom. The molecule has 1 saturated heterocycles. The van der Waals surface area contributed by atoms with E-state index in [1.807, 2.05) is 31.2 Å². The molecule has 0 bridgehead atoms. The number of halogens is 1. The van der Waals surface area contributed by atoms with Crippen LogP contribution in [0.25, 0.3) is 11.3 Å². The summed E-state index contributed by atoms with van der Waals surface area (Å²) in [5.41, 5.74) is 3.53. The van der Waals surface area contributed by atoms with E-state index < -0.39 is 0 Å². The molecule has 1 aromatic heterocycles. The molecule has 1 fully saturated rings. The molecule has 1 N–H and O–H groups in total. The van der Waals surface area contributed by atoms with Crippen molar-refractivity contribution < 1.29 is 13.6 Å². The van der Waals surface area contributed by atoms with Crippen molar-refractivity contribution in [2.45, 2.75) is 39.0 Å². The Morgan fingerprint density at radius 1 is 1.13 bits per heavy atom. The van der Waals surface area contributed by atoms with Gasteiger partial charge in [-0.2, -0.15) is 0 Å². The zero-order chi connectivity index (χ0) is 20.9. The van der Waals surface area contributed by atoms with Crippen LogP contribution in [0.4, 0.5) is 15.8 Å². The van der Waals surface area contributed by atoms with Crippen molar-refractivity contribution in [3.8, 4) is 11.3 Å². The molecule has 6 heteroatoms. The number of hydrogen-bond acceptors (Lipinski definition) is 4. The van der Waals surface area contributed by atoms with Gasteiger partial charge in [-0.05, 0) is 44.4 Å². The van der Waals surface area contributed by atoms with E-state index in [0.29, 0.717) is 23.8 Å². The van der Waals surface area contributed by atoms with E-state index in [4.69, 9.17) is 4.42 Å². The number of aromatic nitrogens is 1. The summed E-state index contributed by atoms with van der Waals surface area (Å²) < 4.78 is 19.6. The Morgan fingerprint density at radius 2 is 1.90 bits per heavy atom. The molecular weight excluding hydrogens is 381 g/mol. The number of anilines is 2. The largest absolute Gasteiger partial charge is 0.441 e. The standard InChI is InChI=1S/C24H26FN3O2/c1-17-5-7-18(8-6-17)22-16-26-24(30-22)12-11-23(29)27-20-15-19(25)9-10-21(20)28-13-3-2-4-14-28/h5-10,15-16H,2-4,11-14H2,1H3,(H,27,29). The van der Waals surface area contributed by atoms with Crippen LogP contribution < -0.4 is 10.2 Å². The Bertz CT molecular complexity index is 1010. The van der Waals surface area contributed by atoms with Crippen LogP contribution in [0.5, 0.6) is 0 Å². The van der Waals surface area contributed by atoms with Gasteiger partial charge in [0.1, 0.15) is 5.82 Å². The highest BCUT2D eigenvalue weighted by Gasteiger charge is 2.17. The summed E-state index contributed by atoms with van der Waals surface area (Å²) >= 11 is 0. The van der Waals surface area contributed by atoms with Crippen LogP contribution in [0.3, 0.4) is 0 Å². The summed E-state index contributed by atoms with van der Waals surface area (Å²) in [4.78, 5) is 19.0. The van der Waals surface area contributed by atoms with E-state index in [9.17, 15) is 9.18 Å². The molecule has 156 valence electrons. The van der Waals surface area contributed by atoms with Gasteiger partial charge in [0.15, 0.2) is 11.7 Å². The molecule has 2 aromatic carbocycles. The second-order valence-electron chi connectivity index (χ2n) is 7.74. The van der Waals surface area contributed by atoms with Gasteiger partial charge >= 0.3 is 0 Å². The molecule has 0 unspecified atom stereocenters. The first-order valence-corrected chi connectivity index (χ1v) is 10.4. The highest BCUT2D eigenvalue weighted by atomic mass is 19.1. The van der Waals surface area contributed by atoms with Crippen LogP contribution in [0, 0.1) is 12.7 Å². The summed E-state index contributed by atoms with van der Waals surface area (Å²) in [5, 5.41) is 2.87. The van der Waals surface area contributed by atoms with Gasteiger partial charge in [-0.3, -0.25) is 4.79 Å². The number of amides is 1. The number of nitrogens with zero attached hydrogens (tertiary/aromatic N) is 2. The van der Waals surface area contributed by atoms with E-state index in [-0.39, 0.29) is 18.1 Å². The molecule has 0 atom stereocenters. The number of nitrogens with one attached hydrogen (secondary N) is 1. The zero-order valence-corrected chi connectivity index (χ0v) is 17.2.